The van der Waals surface area contributed by atoms with Crippen LogP contribution in [0.3, 0.4) is 0 Å². The number of benzene rings is 3. The molecule has 0 fully saturated rings. The highest BCUT2D eigenvalue weighted by molar-refractivity contribution is 6.33. The molecule has 3 aromatic rings. The Labute approximate surface area is 158 Å². The maximum absolute atomic E-state index is 13.2. The monoisotopic (exact) mass is 375 g/mol. The van der Waals surface area contributed by atoms with Gasteiger partial charge in [-0.3, -0.25) is 19.7 Å². The van der Waals surface area contributed by atoms with Gasteiger partial charge in [0.15, 0.2) is 0 Å². The summed E-state index contributed by atoms with van der Waals surface area (Å²) in [6.45, 7) is 0. The quantitative estimate of drug-likeness (QED) is 0.284. The number of nitro groups is 1. The SMILES string of the molecule is Nc1ccc(Nc2ccccc2)c2c1C(=O)c1c([N+](=O)[O-])ccc(O)c1C2=O. The van der Waals surface area contributed by atoms with Crippen LogP contribution in [0.2, 0.25) is 0 Å². The number of nitrogens with zero attached hydrogens (tertiary/aromatic N) is 1. The van der Waals surface area contributed by atoms with Crippen molar-refractivity contribution in [2.24, 2.45) is 0 Å². The van der Waals surface area contributed by atoms with E-state index in [4.69, 9.17) is 5.73 Å². The van der Waals surface area contributed by atoms with Crippen molar-refractivity contribution in [1.82, 2.24) is 0 Å². The van der Waals surface area contributed by atoms with Crippen molar-refractivity contribution in [3.05, 3.63) is 87.0 Å². The van der Waals surface area contributed by atoms with Crippen molar-refractivity contribution in [2.45, 2.75) is 0 Å². The minimum absolute atomic E-state index is 0.0234. The van der Waals surface area contributed by atoms with Gasteiger partial charge in [-0.15, -0.1) is 0 Å². The number of hydrogen-bond donors (Lipinski definition) is 3. The first-order valence-electron chi connectivity index (χ1n) is 8.24. The van der Waals surface area contributed by atoms with Crippen molar-refractivity contribution in [2.75, 3.05) is 11.1 Å². The first-order chi connectivity index (χ1) is 13.4. The lowest BCUT2D eigenvalue weighted by Gasteiger charge is -2.22. The Morgan fingerprint density at radius 1 is 0.857 bits per heavy atom. The Balaban J connectivity index is 1.98. The van der Waals surface area contributed by atoms with E-state index in [1.54, 1.807) is 30.3 Å². The summed E-state index contributed by atoms with van der Waals surface area (Å²) in [4.78, 5) is 36.9. The molecule has 4 rings (SSSR count). The predicted molar refractivity (Wildman–Crippen MR) is 102 cm³/mol. The van der Waals surface area contributed by atoms with Gasteiger partial charge in [0.2, 0.25) is 11.6 Å². The second kappa shape index (κ2) is 6.20. The van der Waals surface area contributed by atoms with E-state index in [2.05, 4.69) is 5.32 Å². The molecule has 0 radical (unpaired) electrons. The van der Waals surface area contributed by atoms with Gasteiger partial charge in [0.25, 0.3) is 5.69 Å². The summed E-state index contributed by atoms with van der Waals surface area (Å²) in [5.74, 6) is -1.99. The van der Waals surface area contributed by atoms with Crippen molar-refractivity contribution in [3.63, 3.8) is 0 Å². The molecule has 0 aromatic heterocycles. The Bertz CT molecular complexity index is 1170. The Morgan fingerprint density at radius 2 is 1.54 bits per heavy atom. The molecule has 0 heterocycles. The first-order valence-corrected chi connectivity index (χ1v) is 8.24. The number of nitrogen functional groups attached to an aromatic ring is 1. The summed E-state index contributed by atoms with van der Waals surface area (Å²) in [6, 6.07) is 14.0. The van der Waals surface area contributed by atoms with E-state index in [0.717, 1.165) is 12.1 Å². The van der Waals surface area contributed by atoms with E-state index in [1.165, 1.54) is 6.07 Å². The highest BCUT2D eigenvalue weighted by atomic mass is 16.6. The first kappa shape index (κ1) is 17.2. The fourth-order valence-corrected chi connectivity index (χ4v) is 3.32. The summed E-state index contributed by atoms with van der Waals surface area (Å²) in [7, 11) is 0. The molecular weight excluding hydrogens is 362 g/mol. The van der Waals surface area contributed by atoms with E-state index < -0.39 is 39.1 Å². The molecule has 8 nitrogen and oxygen atoms in total. The van der Waals surface area contributed by atoms with E-state index in [9.17, 15) is 24.8 Å². The summed E-state index contributed by atoms with van der Waals surface area (Å²) < 4.78 is 0. The van der Waals surface area contributed by atoms with Gasteiger partial charge in [-0.1, -0.05) is 18.2 Å². The number of carbonyl (C=O) groups is 2. The summed E-state index contributed by atoms with van der Waals surface area (Å²) >= 11 is 0. The zero-order chi connectivity index (χ0) is 20.0. The fraction of sp³-hybridized carbons (Fsp3) is 0. The van der Waals surface area contributed by atoms with Gasteiger partial charge in [-0.05, 0) is 30.3 Å². The molecular formula is C20H13N3O5. The molecule has 0 atom stereocenters. The van der Waals surface area contributed by atoms with Gasteiger partial charge in [-0.25, -0.2) is 0 Å². The Morgan fingerprint density at radius 3 is 2.21 bits per heavy atom. The highest BCUT2D eigenvalue weighted by Crippen LogP contribution is 2.42. The number of phenolic OH excluding ortho intramolecular Hbond substituents is 1. The average Bonchev–Trinajstić information content (AvgIpc) is 2.67. The number of phenols is 1. The second-order valence-electron chi connectivity index (χ2n) is 6.21. The topological polar surface area (TPSA) is 136 Å². The molecule has 1 aliphatic rings. The van der Waals surface area contributed by atoms with Gasteiger partial charge < -0.3 is 16.2 Å². The molecule has 8 heteroatoms. The predicted octanol–water partition coefficient (Wildman–Crippen LogP) is 3.40. The Hall–Kier alpha value is -4.20. The molecule has 3 aromatic carbocycles. The largest absolute Gasteiger partial charge is 0.507 e. The van der Waals surface area contributed by atoms with Crippen LogP contribution in [-0.2, 0) is 0 Å². The van der Waals surface area contributed by atoms with Crippen molar-refractivity contribution < 1.29 is 19.6 Å². The number of rotatable bonds is 3. The van der Waals surface area contributed by atoms with Crippen LogP contribution in [-0.4, -0.2) is 21.6 Å². The van der Waals surface area contributed by atoms with Gasteiger partial charge in [0.1, 0.15) is 11.3 Å². The van der Waals surface area contributed by atoms with Crippen LogP contribution in [0.15, 0.2) is 54.6 Å². The summed E-state index contributed by atoms with van der Waals surface area (Å²) in [5, 5.41) is 24.6. The molecule has 1 aliphatic carbocycles. The molecule has 4 N–H and O–H groups in total. The van der Waals surface area contributed by atoms with Gasteiger partial charge >= 0.3 is 0 Å². The van der Waals surface area contributed by atoms with Crippen LogP contribution in [0.5, 0.6) is 5.75 Å². The molecule has 138 valence electrons. The second-order valence-corrected chi connectivity index (χ2v) is 6.21. The number of fused-ring (bicyclic) bond motifs is 2. The molecule has 0 spiro atoms. The van der Waals surface area contributed by atoms with Crippen molar-refractivity contribution in [1.29, 1.82) is 0 Å². The lowest BCUT2D eigenvalue weighted by molar-refractivity contribution is -0.385. The van der Waals surface area contributed by atoms with E-state index in [1.807, 2.05) is 6.07 Å². The molecule has 0 saturated carbocycles. The molecule has 0 saturated heterocycles. The minimum atomic E-state index is -0.776. The van der Waals surface area contributed by atoms with Gasteiger partial charge in [0, 0.05) is 17.4 Å². The maximum atomic E-state index is 13.2. The third-order valence-electron chi connectivity index (χ3n) is 4.56. The van der Waals surface area contributed by atoms with Gasteiger partial charge in [-0.2, -0.15) is 0 Å². The van der Waals surface area contributed by atoms with Gasteiger partial charge in [0.05, 0.1) is 27.3 Å². The van der Waals surface area contributed by atoms with Crippen LogP contribution in [0.4, 0.5) is 22.7 Å². The smallest absolute Gasteiger partial charge is 0.281 e. The standard InChI is InChI=1S/C20H13N3O5/c21-11-6-7-12(22-10-4-2-1-3-5-10)16-15(11)19(25)17-13(23(27)28)8-9-14(24)18(17)20(16)26/h1-9,22,24H,21H2. The number of carbonyl (C=O) groups excluding carboxylic acids is 2. The molecule has 0 aliphatic heterocycles. The minimum Gasteiger partial charge on any atom is -0.507 e. The zero-order valence-corrected chi connectivity index (χ0v) is 14.3. The van der Waals surface area contributed by atoms with E-state index in [-0.39, 0.29) is 16.8 Å². The highest BCUT2D eigenvalue weighted by Gasteiger charge is 2.40. The maximum Gasteiger partial charge on any atom is 0.281 e. The number of nitrogens with one attached hydrogen (secondary N) is 1. The van der Waals surface area contributed by atoms with E-state index in [0.29, 0.717) is 11.4 Å². The van der Waals surface area contributed by atoms with Crippen LogP contribution in [0, 0.1) is 10.1 Å². The van der Waals surface area contributed by atoms with Crippen LogP contribution in [0.1, 0.15) is 31.8 Å². The van der Waals surface area contributed by atoms with Crippen molar-refractivity contribution in [3.8, 4) is 5.75 Å². The number of nitro benzene ring substituents is 1. The number of ketones is 2. The lowest BCUT2D eigenvalue weighted by Crippen LogP contribution is -2.25. The van der Waals surface area contributed by atoms with Crippen molar-refractivity contribution >= 4 is 34.3 Å². The zero-order valence-electron chi connectivity index (χ0n) is 14.3. The van der Waals surface area contributed by atoms with E-state index >= 15 is 0 Å². The molecule has 0 unspecified atom stereocenters. The van der Waals surface area contributed by atoms with Crippen LogP contribution >= 0.6 is 0 Å². The van der Waals surface area contributed by atoms with Crippen LogP contribution in [0.25, 0.3) is 0 Å². The van der Waals surface area contributed by atoms with Crippen LogP contribution < -0.4 is 11.1 Å². The summed E-state index contributed by atoms with van der Waals surface area (Å²) in [6.07, 6.45) is 0. The summed E-state index contributed by atoms with van der Waals surface area (Å²) in [5.41, 5.74) is 5.39. The third kappa shape index (κ3) is 2.47. The fourth-order valence-electron chi connectivity index (χ4n) is 3.32. The molecule has 0 amide bonds. The number of anilines is 3. The molecule has 28 heavy (non-hydrogen) atoms. The average molecular weight is 375 g/mol. The number of hydrogen-bond acceptors (Lipinski definition) is 7. The lowest BCUT2D eigenvalue weighted by atomic mass is 9.81. The normalized spacial score (nSPS) is 12.3. The Kier molecular flexibility index (Phi) is 3.82. The third-order valence-corrected chi connectivity index (χ3v) is 4.56. The number of nitrogens with two attached hydrogens (primary N) is 1. The number of aromatic hydroxyl groups is 1. The number of para-hydroxylation sites is 1. The molecule has 0 bridgehead atoms.